The molecule has 162 valence electrons. The Morgan fingerprint density at radius 1 is 0.800 bits per heavy atom. The normalized spacial score (nSPS) is 11.2. The first-order chi connectivity index (χ1) is 14.7. The lowest BCUT2D eigenvalue weighted by atomic mass is 10.1. The number of rotatable bonds is 13. The zero-order valence-electron chi connectivity index (χ0n) is 18.8. The minimum absolute atomic E-state index is 0.726. The van der Waals surface area contributed by atoms with Crippen molar-refractivity contribution in [3.63, 3.8) is 0 Å². The van der Waals surface area contributed by atoms with E-state index < -0.39 is 0 Å². The number of aryl methyl sites for hydroxylation is 1. The number of benzene rings is 2. The van der Waals surface area contributed by atoms with Crippen LogP contribution in [0.15, 0.2) is 36.4 Å². The van der Waals surface area contributed by atoms with Gasteiger partial charge in [0.15, 0.2) is 0 Å². The fourth-order valence-corrected chi connectivity index (χ4v) is 3.59. The van der Waals surface area contributed by atoms with E-state index in [0.717, 1.165) is 60.0 Å². The number of aromatic amines is 1. The van der Waals surface area contributed by atoms with Crippen LogP contribution in [-0.4, -0.2) is 23.2 Å². The Labute approximate surface area is 181 Å². The molecule has 3 aromatic rings. The molecule has 0 saturated heterocycles. The predicted molar refractivity (Wildman–Crippen MR) is 126 cm³/mol. The zero-order chi connectivity index (χ0) is 21.2. The molecule has 4 heteroatoms. The van der Waals surface area contributed by atoms with Gasteiger partial charge in [0, 0.05) is 0 Å². The van der Waals surface area contributed by atoms with E-state index in [0.29, 0.717) is 0 Å². The maximum absolute atomic E-state index is 6.15. The molecular weight excluding hydrogens is 372 g/mol. The Morgan fingerprint density at radius 2 is 1.53 bits per heavy atom. The summed E-state index contributed by atoms with van der Waals surface area (Å²) in [7, 11) is 0. The van der Waals surface area contributed by atoms with Gasteiger partial charge in [0.25, 0.3) is 0 Å². The van der Waals surface area contributed by atoms with Crippen molar-refractivity contribution in [1.29, 1.82) is 0 Å². The topological polar surface area (TPSA) is 47.1 Å². The second kappa shape index (κ2) is 11.6. The molecule has 0 fully saturated rings. The fourth-order valence-electron chi connectivity index (χ4n) is 3.59. The van der Waals surface area contributed by atoms with Crippen LogP contribution >= 0.6 is 0 Å². The molecule has 4 nitrogen and oxygen atoms in total. The van der Waals surface area contributed by atoms with E-state index in [1.165, 1.54) is 44.1 Å². The summed E-state index contributed by atoms with van der Waals surface area (Å²) in [5, 5.41) is 0. The van der Waals surface area contributed by atoms with Crippen LogP contribution in [0.2, 0.25) is 0 Å². The highest BCUT2D eigenvalue weighted by Gasteiger charge is 2.13. The number of H-pyrrole nitrogens is 1. The highest BCUT2D eigenvalue weighted by atomic mass is 16.5. The molecule has 0 aliphatic rings. The Balaban J connectivity index is 1.78. The lowest BCUT2D eigenvalue weighted by molar-refractivity contribution is 0.298. The van der Waals surface area contributed by atoms with Crippen molar-refractivity contribution in [1.82, 2.24) is 9.97 Å². The van der Waals surface area contributed by atoms with Crippen LogP contribution in [-0.2, 0) is 0 Å². The van der Waals surface area contributed by atoms with Crippen molar-refractivity contribution in [2.75, 3.05) is 13.2 Å². The molecule has 0 atom stereocenters. The van der Waals surface area contributed by atoms with Gasteiger partial charge < -0.3 is 14.5 Å². The van der Waals surface area contributed by atoms with Crippen molar-refractivity contribution < 1.29 is 9.47 Å². The van der Waals surface area contributed by atoms with E-state index in [-0.39, 0.29) is 0 Å². The summed E-state index contributed by atoms with van der Waals surface area (Å²) in [5.74, 6) is 2.56. The van der Waals surface area contributed by atoms with Gasteiger partial charge >= 0.3 is 0 Å². The Hall–Kier alpha value is -2.49. The number of imidazole rings is 1. The van der Waals surface area contributed by atoms with E-state index in [1.54, 1.807) is 0 Å². The number of nitrogens with zero attached hydrogens (tertiary/aromatic N) is 1. The van der Waals surface area contributed by atoms with Gasteiger partial charge in [-0.1, -0.05) is 58.4 Å². The summed E-state index contributed by atoms with van der Waals surface area (Å²) in [6.45, 7) is 8.02. The average Bonchev–Trinajstić information content (AvgIpc) is 3.17. The van der Waals surface area contributed by atoms with Gasteiger partial charge in [-0.2, -0.15) is 0 Å². The molecule has 0 saturated carbocycles. The Kier molecular flexibility index (Phi) is 8.61. The van der Waals surface area contributed by atoms with Crippen molar-refractivity contribution in [2.24, 2.45) is 0 Å². The summed E-state index contributed by atoms with van der Waals surface area (Å²) in [6, 6.07) is 12.4. The lowest BCUT2D eigenvalue weighted by Gasteiger charge is -2.13. The van der Waals surface area contributed by atoms with E-state index in [9.17, 15) is 0 Å². The first-order valence-electron chi connectivity index (χ1n) is 11.6. The Bertz CT molecular complexity index is 917. The van der Waals surface area contributed by atoms with Gasteiger partial charge in [-0.25, -0.2) is 4.98 Å². The van der Waals surface area contributed by atoms with E-state index in [4.69, 9.17) is 14.5 Å². The SMILES string of the molecule is CCCCCCOc1ccc(OCCCCCC)c(-c2nc3ccc(C)cc3[nH]2)c1. The van der Waals surface area contributed by atoms with Crippen molar-refractivity contribution in [3.8, 4) is 22.9 Å². The van der Waals surface area contributed by atoms with Crippen molar-refractivity contribution in [2.45, 2.75) is 72.1 Å². The van der Waals surface area contributed by atoms with Crippen LogP contribution in [0, 0.1) is 6.92 Å². The molecule has 1 N–H and O–H groups in total. The maximum atomic E-state index is 6.15. The van der Waals surface area contributed by atoms with Crippen LogP contribution in [0.5, 0.6) is 11.5 Å². The molecule has 2 aromatic carbocycles. The van der Waals surface area contributed by atoms with Crippen LogP contribution in [0.3, 0.4) is 0 Å². The van der Waals surface area contributed by atoms with Crippen molar-refractivity contribution in [3.05, 3.63) is 42.0 Å². The molecular formula is C26H36N2O2. The summed E-state index contributed by atoms with van der Waals surface area (Å²) in [6.07, 6.45) is 9.56. The van der Waals surface area contributed by atoms with Crippen molar-refractivity contribution >= 4 is 11.0 Å². The number of fused-ring (bicyclic) bond motifs is 1. The molecule has 1 heterocycles. The first-order valence-corrected chi connectivity index (χ1v) is 11.6. The molecule has 0 aliphatic carbocycles. The predicted octanol–water partition coefficient (Wildman–Crippen LogP) is 7.46. The van der Waals surface area contributed by atoms with Gasteiger partial charge in [0.05, 0.1) is 29.8 Å². The minimum Gasteiger partial charge on any atom is -0.494 e. The number of unbranched alkanes of at least 4 members (excludes halogenated alkanes) is 6. The van der Waals surface area contributed by atoms with Crippen LogP contribution in [0.1, 0.15) is 70.8 Å². The second-order valence-corrected chi connectivity index (χ2v) is 8.08. The average molecular weight is 409 g/mol. The molecule has 3 rings (SSSR count). The number of hydrogen-bond donors (Lipinski definition) is 1. The third kappa shape index (κ3) is 6.25. The summed E-state index contributed by atoms with van der Waals surface area (Å²) in [5.41, 5.74) is 4.19. The molecule has 1 aromatic heterocycles. The molecule has 30 heavy (non-hydrogen) atoms. The maximum Gasteiger partial charge on any atom is 0.142 e. The smallest absolute Gasteiger partial charge is 0.142 e. The molecule has 0 bridgehead atoms. The fraction of sp³-hybridized carbons (Fsp3) is 0.500. The lowest BCUT2D eigenvalue weighted by Crippen LogP contribution is -2.01. The zero-order valence-corrected chi connectivity index (χ0v) is 18.8. The standard InChI is InChI=1S/C26H36N2O2/c1-4-6-8-10-16-29-21-13-15-25(30-17-11-9-7-5-2)22(19-21)26-27-23-14-12-20(3)18-24(23)28-26/h12-15,18-19H,4-11,16-17H2,1-3H3,(H,27,28). The first kappa shape index (κ1) is 22.2. The van der Waals surface area contributed by atoms with Gasteiger partial charge in [-0.3, -0.25) is 0 Å². The number of aromatic nitrogens is 2. The molecule has 0 amide bonds. The monoisotopic (exact) mass is 408 g/mol. The number of hydrogen-bond acceptors (Lipinski definition) is 3. The van der Waals surface area contributed by atoms with Crippen LogP contribution < -0.4 is 9.47 Å². The molecule has 0 unspecified atom stereocenters. The highest BCUT2D eigenvalue weighted by Crippen LogP contribution is 2.33. The summed E-state index contributed by atoms with van der Waals surface area (Å²) < 4.78 is 12.2. The second-order valence-electron chi connectivity index (χ2n) is 8.08. The number of nitrogens with one attached hydrogen (secondary N) is 1. The Morgan fingerprint density at radius 3 is 2.27 bits per heavy atom. The minimum atomic E-state index is 0.726. The molecule has 0 radical (unpaired) electrons. The quantitative estimate of drug-likeness (QED) is 0.299. The summed E-state index contributed by atoms with van der Waals surface area (Å²) in [4.78, 5) is 8.28. The van der Waals surface area contributed by atoms with Gasteiger partial charge in [-0.15, -0.1) is 0 Å². The van der Waals surface area contributed by atoms with E-state index >= 15 is 0 Å². The molecule has 0 spiro atoms. The highest BCUT2D eigenvalue weighted by molar-refractivity contribution is 5.81. The van der Waals surface area contributed by atoms with Gasteiger partial charge in [-0.05, 0) is 55.7 Å². The third-order valence-electron chi connectivity index (χ3n) is 5.37. The third-order valence-corrected chi connectivity index (χ3v) is 5.37. The van der Waals surface area contributed by atoms with Gasteiger partial charge in [0.1, 0.15) is 17.3 Å². The molecule has 0 aliphatic heterocycles. The summed E-state index contributed by atoms with van der Waals surface area (Å²) >= 11 is 0. The number of ether oxygens (including phenoxy) is 2. The largest absolute Gasteiger partial charge is 0.494 e. The van der Waals surface area contributed by atoms with Crippen LogP contribution in [0.25, 0.3) is 22.4 Å². The van der Waals surface area contributed by atoms with Crippen LogP contribution in [0.4, 0.5) is 0 Å². The van der Waals surface area contributed by atoms with E-state index in [1.807, 2.05) is 12.1 Å². The van der Waals surface area contributed by atoms with E-state index in [2.05, 4.69) is 50.0 Å². The van der Waals surface area contributed by atoms with Gasteiger partial charge in [0.2, 0.25) is 0 Å².